The van der Waals surface area contributed by atoms with Crippen molar-refractivity contribution >= 4 is 37.6 Å². The molecule has 0 fully saturated rings. The molecule has 0 aliphatic heterocycles. The van der Waals surface area contributed by atoms with Crippen molar-refractivity contribution in [3.8, 4) is 0 Å². The number of hydrogen-bond donors (Lipinski definition) is 0. The lowest BCUT2D eigenvalue weighted by Gasteiger charge is -2.20. The Balaban J connectivity index is 3.18. The maximum atomic E-state index is 11.4. The Labute approximate surface area is 114 Å². The minimum Gasteiger partial charge on any atom is -0.299 e. The molecule has 1 aromatic carbocycles. The molecule has 0 saturated heterocycles. The molecule has 0 bridgehead atoms. The van der Waals surface area contributed by atoms with E-state index in [2.05, 4.69) is 64.8 Å². The Kier molecular flexibility index (Phi) is 4.74. The molecular formula is C13H16Br2O. The zero-order valence-corrected chi connectivity index (χ0v) is 13.1. The van der Waals surface area contributed by atoms with E-state index in [1.807, 2.05) is 0 Å². The van der Waals surface area contributed by atoms with Gasteiger partial charge in [0.05, 0.1) is 4.83 Å². The van der Waals surface area contributed by atoms with Gasteiger partial charge >= 0.3 is 0 Å². The van der Waals surface area contributed by atoms with Gasteiger partial charge in [0.25, 0.3) is 0 Å². The van der Waals surface area contributed by atoms with Crippen molar-refractivity contribution in [2.45, 2.75) is 38.4 Å². The maximum Gasteiger partial charge on any atom is 0.144 e. The second kappa shape index (κ2) is 5.46. The molecule has 1 aromatic rings. The lowest BCUT2D eigenvalue weighted by molar-refractivity contribution is -0.116. The number of carbonyl (C=O) groups excluding carboxylic acids is 1. The number of hydrogen-bond acceptors (Lipinski definition) is 1. The van der Waals surface area contributed by atoms with Crippen molar-refractivity contribution in [1.29, 1.82) is 0 Å². The molecule has 0 aromatic heterocycles. The number of carbonyl (C=O) groups is 1. The molecule has 16 heavy (non-hydrogen) atoms. The van der Waals surface area contributed by atoms with Crippen molar-refractivity contribution in [3.63, 3.8) is 0 Å². The summed E-state index contributed by atoms with van der Waals surface area (Å²) in [7, 11) is 0. The van der Waals surface area contributed by atoms with Gasteiger partial charge in [-0.2, -0.15) is 0 Å². The van der Waals surface area contributed by atoms with Crippen molar-refractivity contribution in [3.05, 3.63) is 33.3 Å². The quantitative estimate of drug-likeness (QED) is 0.734. The van der Waals surface area contributed by atoms with Gasteiger partial charge in [-0.1, -0.05) is 44.8 Å². The first-order valence-corrected chi connectivity index (χ1v) is 6.96. The molecule has 3 heteroatoms. The zero-order valence-electron chi connectivity index (χ0n) is 9.97. The monoisotopic (exact) mass is 346 g/mol. The van der Waals surface area contributed by atoms with Gasteiger partial charge in [0.1, 0.15) is 5.78 Å². The summed E-state index contributed by atoms with van der Waals surface area (Å²) in [6, 6.07) is 4.25. The van der Waals surface area contributed by atoms with Gasteiger partial charge in [-0.15, -0.1) is 0 Å². The van der Waals surface area contributed by atoms with Gasteiger partial charge in [0.2, 0.25) is 0 Å². The topological polar surface area (TPSA) is 17.1 Å². The maximum absolute atomic E-state index is 11.4. The third-order valence-corrected chi connectivity index (χ3v) is 4.86. The second-order valence-electron chi connectivity index (χ2n) is 4.28. The van der Waals surface area contributed by atoms with Crippen LogP contribution >= 0.6 is 31.9 Å². The number of rotatable bonds is 3. The first kappa shape index (κ1) is 13.9. The fourth-order valence-electron chi connectivity index (χ4n) is 2.00. The summed E-state index contributed by atoms with van der Waals surface area (Å²) in [6.07, 6.45) is 0. The Morgan fingerprint density at radius 2 is 1.88 bits per heavy atom. The van der Waals surface area contributed by atoms with E-state index in [0.717, 1.165) is 4.47 Å². The average molecular weight is 348 g/mol. The highest BCUT2D eigenvalue weighted by molar-refractivity contribution is 9.10. The summed E-state index contributed by atoms with van der Waals surface area (Å²) >= 11 is 7.04. The van der Waals surface area contributed by atoms with Crippen molar-refractivity contribution in [1.82, 2.24) is 0 Å². The Bertz CT molecular complexity index is 389. The Morgan fingerprint density at radius 1 is 1.31 bits per heavy atom. The molecular weight excluding hydrogens is 332 g/mol. The highest BCUT2D eigenvalue weighted by Gasteiger charge is 2.23. The number of halogens is 2. The third-order valence-electron chi connectivity index (χ3n) is 2.76. The van der Waals surface area contributed by atoms with Crippen molar-refractivity contribution in [2.24, 2.45) is 0 Å². The first-order valence-electron chi connectivity index (χ1n) is 5.25. The summed E-state index contributed by atoms with van der Waals surface area (Å²) in [4.78, 5) is 11.3. The van der Waals surface area contributed by atoms with Gasteiger partial charge in [-0.25, -0.2) is 0 Å². The predicted molar refractivity (Wildman–Crippen MR) is 75.4 cm³/mol. The second-order valence-corrected chi connectivity index (χ2v) is 6.12. The van der Waals surface area contributed by atoms with Crippen LogP contribution < -0.4 is 0 Å². The Morgan fingerprint density at radius 3 is 2.31 bits per heavy atom. The summed E-state index contributed by atoms with van der Waals surface area (Å²) in [6.45, 7) is 7.85. The molecule has 2 atom stereocenters. The minimum absolute atomic E-state index is 0.120. The van der Waals surface area contributed by atoms with Crippen molar-refractivity contribution < 1.29 is 4.79 Å². The molecule has 88 valence electrons. The molecule has 0 aliphatic rings. The van der Waals surface area contributed by atoms with Gasteiger partial charge < -0.3 is 0 Å². The molecule has 1 nitrogen and oxygen atoms in total. The molecule has 0 N–H and O–H groups in total. The standard InChI is InChI=1S/C13H16Br2O/c1-7-5-8(2)12(11(14)6-7)9(3)13(15)10(4)16/h5-6,9,13H,1-4H3. The van der Waals surface area contributed by atoms with Gasteiger partial charge in [0, 0.05) is 10.4 Å². The molecule has 2 unspecified atom stereocenters. The normalized spacial score (nSPS) is 14.6. The summed E-state index contributed by atoms with van der Waals surface area (Å²) < 4.78 is 1.09. The van der Waals surface area contributed by atoms with E-state index in [1.54, 1.807) is 6.92 Å². The number of benzene rings is 1. The van der Waals surface area contributed by atoms with Gasteiger partial charge in [-0.3, -0.25) is 4.79 Å². The lowest BCUT2D eigenvalue weighted by Crippen LogP contribution is -2.18. The van der Waals surface area contributed by atoms with Crippen LogP contribution in [-0.4, -0.2) is 10.6 Å². The van der Waals surface area contributed by atoms with Crippen molar-refractivity contribution in [2.75, 3.05) is 0 Å². The summed E-state index contributed by atoms with van der Waals surface area (Å²) in [5.74, 6) is 0.340. The molecule has 0 spiro atoms. The number of alkyl halides is 1. The van der Waals surface area contributed by atoms with Crippen LogP contribution in [0.3, 0.4) is 0 Å². The number of Topliss-reactive ketones (excluding diaryl/α,β-unsaturated/α-hetero) is 1. The van der Waals surface area contributed by atoms with Crippen LogP contribution in [-0.2, 0) is 4.79 Å². The van der Waals surface area contributed by atoms with Gasteiger partial charge in [-0.05, 0) is 43.5 Å². The van der Waals surface area contributed by atoms with E-state index in [1.165, 1.54) is 16.7 Å². The fourth-order valence-corrected chi connectivity index (χ4v) is 3.30. The highest BCUT2D eigenvalue weighted by Crippen LogP contribution is 2.34. The molecule has 0 aliphatic carbocycles. The van der Waals surface area contributed by atoms with E-state index < -0.39 is 0 Å². The van der Waals surface area contributed by atoms with E-state index in [9.17, 15) is 4.79 Å². The SMILES string of the molecule is CC(=O)C(Br)C(C)c1c(C)cc(C)cc1Br. The van der Waals surface area contributed by atoms with Crippen LogP contribution in [0.5, 0.6) is 0 Å². The van der Waals surface area contributed by atoms with Crippen LogP contribution in [0.2, 0.25) is 0 Å². The minimum atomic E-state index is -0.120. The average Bonchev–Trinajstić information content (AvgIpc) is 2.14. The van der Waals surface area contributed by atoms with Gasteiger partial charge in [0.15, 0.2) is 0 Å². The molecule has 1 rings (SSSR count). The zero-order chi connectivity index (χ0) is 12.5. The molecule has 0 amide bonds. The number of aryl methyl sites for hydroxylation is 2. The summed E-state index contributed by atoms with van der Waals surface area (Å²) in [5, 5.41) is 0. The first-order chi connectivity index (χ1) is 7.34. The largest absolute Gasteiger partial charge is 0.299 e. The van der Waals surface area contributed by atoms with E-state index in [4.69, 9.17) is 0 Å². The van der Waals surface area contributed by atoms with E-state index in [0.29, 0.717) is 0 Å². The van der Waals surface area contributed by atoms with Crippen LogP contribution in [0.1, 0.15) is 36.5 Å². The van der Waals surface area contributed by atoms with E-state index >= 15 is 0 Å². The number of ketones is 1. The fraction of sp³-hybridized carbons (Fsp3) is 0.462. The third kappa shape index (κ3) is 2.95. The molecule has 0 heterocycles. The van der Waals surface area contributed by atoms with Crippen LogP contribution in [0, 0.1) is 13.8 Å². The summed E-state index contributed by atoms with van der Waals surface area (Å²) in [5.41, 5.74) is 3.67. The highest BCUT2D eigenvalue weighted by atomic mass is 79.9. The van der Waals surface area contributed by atoms with Crippen LogP contribution in [0.15, 0.2) is 16.6 Å². The Hall–Kier alpha value is -0.150. The molecule has 0 radical (unpaired) electrons. The van der Waals surface area contributed by atoms with E-state index in [-0.39, 0.29) is 16.5 Å². The molecule has 0 saturated carbocycles. The smallest absolute Gasteiger partial charge is 0.144 e. The predicted octanol–water partition coefficient (Wildman–Crippen LogP) is 4.52. The lowest BCUT2D eigenvalue weighted by atomic mass is 9.91. The van der Waals surface area contributed by atoms with Crippen LogP contribution in [0.4, 0.5) is 0 Å². The van der Waals surface area contributed by atoms with Crippen LogP contribution in [0.25, 0.3) is 0 Å².